The Morgan fingerprint density at radius 1 is 1.41 bits per heavy atom. The van der Waals surface area contributed by atoms with E-state index in [1.165, 1.54) is 33.9 Å². The molecule has 0 aliphatic carbocycles. The van der Waals surface area contributed by atoms with E-state index in [4.69, 9.17) is 16.3 Å². The number of Topliss-reactive ketones (excluding diaryl/α,β-unsaturated/α-hetero) is 1. The molecule has 8 heteroatoms. The largest absolute Gasteiger partial charge is 0.453 e. The number of ketones is 1. The fraction of sp³-hybridized carbons (Fsp3) is 0.0714. The summed E-state index contributed by atoms with van der Waals surface area (Å²) in [6.07, 6.45) is 1.63. The number of esters is 1. The zero-order valence-electron chi connectivity index (χ0n) is 11.0. The van der Waals surface area contributed by atoms with Crippen LogP contribution in [0.2, 0.25) is 5.15 Å². The van der Waals surface area contributed by atoms with E-state index in [0.717, 1.165) is 6.07 Å². The molecule has 2 aromatic heterocycles. The number of carbonyl (C=O) groups excluding carboxylic acids is 2. The Morgan fingerprint density at radius 2 is 2.23 bits per heavy atom. The SMILES string of the molecule is O=C(COC(=O)c1c(Cl)nc2sccn12)c1cccc(F)c1. The topological polar surface area (TPSA) is 60.7 Å². The molecule has 0 N–H and O–H groups in total. The first kappa shape index (κ1) is 14.7. The number of thiazole rings is 1. The fourth-order valence-corrected chi connectivity index (χ4v) is 2.90. The van der Waals surface area contributed by atoms with Crippen LogP contribution in [-0.2, 0) is 4.74 Å². The molecular formula is C14H8ClFN2O3S. The van der Waals surface area contributed by atoms with Gasteiger partial charge in [0.25, 0.3) is 0 Å². The number of carbonyl (C=O) groups is 2. The van der Waals surface area contributed by atoms with E-state index < -0.39 is 24.2 Å². The molecule has 0 aliphatic rings. The van der Waals surface area contributed by atoms with Crippen molar-refractivity contribution < 1.29 is 18.7 Å². The van der Waals surface area contributed by atoms with Gasteiger partial charge in [-0.05, 0) is 12.1 Å². The molecule has 3 rings (SSSR count). The van der Waals surface area contributed by atoms with E-state index in [9.17, 15) is 14.0 Å². The van der Waals surface area contributed by atoms with Gasteiger partial charge in [-0.3, -0.25) is 9.20 Å². The number of benzene rings is 1. The number of ether oxygens (including phenoxy) is 1. The van der Waals surface area contributed by atoms with Gasteiger partial charge in [0.05, 0.1) is 0 Å². The third kappa shape index (κ3) is 2.72. The minimum atomic E-state index is -0.763. The lowest BCUT2D eigenvalue weighted by atomic mass is 10.1. The van der Waals surface area contributed by atoms with Gasteiger partial charge >= 0.3 is 5.97 Å². The molecule has 5 nitrogen and oxygen atoms in total. The Hall–Kier alpha value is -2.25. The minimum Gasteiger partial charge on any atom is -0.453 e. The summed E-state index contributed by atoms with van der Waals surface area (Å²) in [4.78, 5) is 28.5. The summed E-state index contributed by atoms with van der Waals surface area (Å²) >= 11 is 7.21. The van der Waals surface area contributed by atoms with Crippen LogP contribution in [0, 0.1) is 5.82 Å². The van der Waals surface area contributed by atoms with Crippen LogP contribution < -0.4 is 0 Å². The van der Waals surface area contributed by atoms with Crippen molar-refractivity contribution in [2.24, 2.45) is 0 Å². The molecule has 2 heterocycles. The molecule has 0 saturated carbocycles. The van der Waals surface area contributed by atoms with Gasteiger partial charge in [0.1, 0.15) is 5.82 Å². The maximum Gasteiger partial charge on any atom is 0.359 e. The molecular weight excluding hydrogens is 331 g/mol. The summed E-state index contributed by atoms with van der Waals surface area (Å²) in [6, 6.07) is 5.16. The second-order valence-electron chi connectivity index (χ2n) is 4.32. The lowest BCUT2D eigenvalue weighted by Gasteiger charge is -2.04. The van der Waals surface area contributed by atoms with Gasteiger partial charge in [-0.25, -0.2) is 14.2 Å². The first-order valence-corrected chi connectivity index (χ1v) is 7.39. The molecule has 0 fully saturated rings. The van der Waals surface area contributed by atoms with E-state index in [-0.39, 0.29) is 16.4 Å². The molecule has 22 heavy (non-hydrogen) atoms. The molecule has 0 radical (unpaired) electrons. The number of halogens is 2. The zero-order valence-corrected chi connectivity index (χ0v) is 12.5. The van der Waals surface area contributed by atoms with Crippen molar-refractivity contribution in [2.75, 3.05) is 6.61 Å². The lowest BCUT2D eigenvalue weighted by molar-refractivity contribution is 0.0468. The summed E-state index contributed by atoms with van der Waals surface area (Å²) < 4.78 is 19.5. The maximum absolute atomic E-state index is 13.1. The maximum atomic E-state index is 13.1. The minimum absolute atomic E-state index is 0.00931. The van der Waals surface area contributed by atoms with Crippen molar-refractivity contribution in [1.29, 1.82) is 0 Å². The Morgan fingerprint density at radius 3 is 3.00 bits per heavy atom. The third-order valence-electron chi connectivity index (χ3n) is 2.89. The van der Waals surface area contributed by atoms with Crippen LogP contribution in [0.3, 0.4) is 0 Å². The van der Waals surface area contributed by atoms with Crippen molar-refractivity contribution >= 4 is 39.7 Å². The van der Waals surface area contributed by atoms with Crippen LogP contribution in [-0.4, -0.2) is 27.7 Å². The number of imidazole rings is 1. The molecule has 0 unspecified atom stereocenters. The molecule has 0 saturated heterocycles. The zero-order chi connectivity index (χ0) is 15.7. The van der Waals surface area contributed by atoms with E-state index in [0.29, 0.717) is 4.96 Å². The highest BCUT2D eigenvalue weighted by Crippen LogP contribution is 2.22. The highest BCUT2D eigenvalue weighted by Gasteiger charge is 2.21. The van der Waals surface area contributed by atoms with E-state index in [2.05, 4.69) is 4.98 Å². The van der Waals surface area contributed by atoms with Gasteiger partial charge in [0, 0.05) is 17.1 Å². The van der Waals surface area contributed by atoms with E-state index in [1.807, 2.05) is 0 Å². The summed E-state index contributed by atoms with van der Waals surface area (Å²) in [5, 5.41) is 1.75. The van der Waals surface area contributed by atoms with Gasteiger partial charge in [-0.15, -0.1) is 11.3 Å². The van der Waals surface area contributed by atoms with Gasteiger partial charge < -0.3 is 4.74 Å². The number of aromatic nitrogens is 2. The Balaban J connectivity index is 1.74. The van der Waals surface area contributed by atoms with Crippen LogP contribution in [0.1, 0.15) is 20.8 Å². The van der Waals surface area contributed by atoms with E-state index >= 15 is 0 Å². The molecule has 0 amide bonds. The molecule has 0 bridgehead atoms. The normalized spacial score (nSPS) is 10.8. The molecule has 1 aromatic carbocycles. The smallest absolute Gasteiger partial charge is 0.359 e. The van der Waals surface area contributed by atoms with Crippen molar-refractivity contribution in [2.45, 2.75) is 0 Å². The van der Waals surface area contributed by atoms with Gasteiger partial charge in [0.15, 0.2) is 28.2 Å². The number of hydrogen-bond acceptors (Lipinski definition) is 5. The van der Waals surface area contributed by atoms with Crippen LogP contribution in [0.15, 0.2) is 35.8 Å². The van der Waals surface area contributed by atoms with Gasteiger partial charge in [0.2, 0.25) is 0 Å². The van der Waals surface area contributed by atoms with Crippen molar-refractivity contribution in [3.05, 3.63) is 58.1 Å². The monoisotopic (exact) mass is 338 g/mol. The highest BCUT2D eigenvalue weighted by atomic mass is 35.5. The van der Waals surface area contributed by atoms with Crippen molar-refractivity contribution in [3.63, 3.8) is 0 Å². The predicted molar refractivity (Wildman–Crippen MR) is 79.1 cm³/mol. The Labute approximate surface area is 132 Å². The molecule has 3 aromatic rings. The summed E-state index contributed by atoms with van der Waals surface area (Å²) in [7, 11) is 0. The molecule has 0 atom stereocenters. The molecule has 0 spiro atoms. The molecule has 0 aliphatic heterocycles. The number of rotatable bonds is 4. The first-order valence-electron chi connectivity index (χ1n) is 6.13. The summed E-state index contributed by atoms with van der Waals surface area (Å²) in [5.41, 5.74) is 0.192. The predicted octanol–water partition coefficient (Wildman–Crippen LogP) is 3.23. The highest BCUT2D eigenvalue weighted by molar-refractivity contribution is 7.15. The second-order valence-corrected chi connectivity index (χ2v) is 5.55. The fourth-order valence-electron chi connectivity index (χ4n) is 1.89. The Kier molecular flexibility index (Phi) is 3.91. The summed E-state index contributed by atoms with van der Waals surface area (Å²) in [5.74, 6) is -1.80. The van der Waals surface area contributed by atoms with Gasteiger partial charge in [-0.2, -0.15) is 0 Å². The number of nitrogens with zero attached hydrogens (tertiary/aromatic N) is 2. The average Bonchev–Trinajstić information content (AvgIpc) is 3.04. The second kappa shape index (κ2) is 5.86. The van der Waals surface area contributed by atoms with Crippen LogP contribution in [0.4, 0.5) is 4.39 Å². The van der Waals surface area contributed by atoms with Crippen LogP contribution in [0.5, 0.6) is 0 Å². The lowest BCUT2D eigenvalue weighted by Crippen LogP contribution is -2.15. The standard InChI is InChI=1S/C14H8ClFN2O3S/c15-12-11(18-4-5-22-14(18)17-12)13(20)21-7-10(19)8-2-1-3-9(16)6-8/h1-6H,7H2. The van der Waals surface area contributed by atoms with Crippen molar-refractivity contribution in [1.82, 2.24) is 9.38 Å². The number of hydrogen-bond donors (Lipinski definition) is 0. The average molecular weight is 339 g/mol. The number of fused-ring (bicyclic) bond motifs is 1. The van der Waals surface area contributed by atoms with E-state index in [1.54, 1.807) is 11.6 Å². The quantitative estimate of drug-likeness (QED) is 0.541. The van der Waals surface area contributed by atoms with Crippen molar-refractivity contribution in [3.8, 4) is 0 Å². The van der Waals surface area contributed by atoms with Crippen LogP contribution >= 0.6 is 22.9 Å². The summed E-state index contributed by atoms with van der Waals surface area (Å²) in [6.45, 7) is -0.504. The van der Waals surface area contributed by atoms with Gasteiger partial charge in [-0.1, -0.05) is 23.7 Å². The molecule has 112 valence electrons. The third-order valence-corrected chi connectivity index (χ3v) is 3.91. The first-order chi connectivity index (χ1) is 10.6. The Bertz CT molecular complexity index is 874. The van der Waals surface area contributed by atoms with Crippen LogP contribution in [0.25, 0.3) is 4.96 Å².